The van der Waals surface area contributed by atoms with Gasteiger partial charge < -0.3 is 5.32 Å². The normalized spacial score (nSPS) is 16.2. The van der Waals surface area contributed by atoms with E-state index in [9.17, 15) is 4.79 Å². The van der Waals surface area contributed by atoms with Crippen LogP contribution >= 0.6 is 0 Å². The average Bonchev–Trinajstić information content (AvgIpc) is 2.34. The van der Waals surface area contributed by atoms with E-state index in [0.29, 0.717) is 0 Å². The molecule has 0 aromatic carbocycles. The summed E-state index contributed by atoms with van der Waals surface area (Å²) in [7, 11) is 1.65. The lowest BCUT2D eigenvalue weighted by Crippen LogP contribution is -2.19. The molecule has 0 saturated heterocycles. The lowest BCUT2D eigenvalue weighted by Gasteiger charge is -1.98. The fraction of sp³-hybridized carbons (Fsp3) is 0.375. The molecule has 54 valence electrons. The Morgan fingerprint density at radius 3 is 2.70 bits per heavy atom. The molecule has 2 heteroatoms. The molecule has 0 saturated carbocycles. The van der Waals surface area contributed by atoms with Crippen molar-refractivity contribution in [1.29, 1.82) is 0 Å². The fourth-order valence-electron chi connectivity index (χ4n) is 0.978. The summed E-state index contributed by atoms with van der Waals surface area (Å²) in [5.74, 6) is 0.0353. The van der Waals surface area contributed by atoms with Crippen molar-refractivity contribution in [1.82, 2.24) is 5.32 Å². The van der Waals surface area contributed by atoms with E-state index in [1.165, 1.54) is 5.57 Å². The molecular weight excluding hydrogens is 126 g/mol. The molecule has 0 aromatic rings. The van der Waals surface area contributed by atoms with Crippen molar-refractivity contribution in [3.8, 4) is 0 Å². The molecule has 0 unspecified atom stereocenters. The van der Waals surface area contributed by atoms with E-state index in [0.717, 1.165) is 12.0 Å². The van der Waals surface area contributed by atoms with Crippen LogP contribution in [0.3, 0.4) is 0 Å². The number of nitrogens with one attached hydrogen (secondary N) is 1. The SMILES string of the molecule is CNC(=O)C1=CC=C(C)C1. The number of carbonyl (C=O) groups excluding carboxylic acids is 1. The average molecular weight is 137 g/mol. The fourth-order valence-corrected chi connectivity index (χ4v) is 0.978. The van der Waals surface area contributed by atoms with E-state index in [2.05, 4.69) is 5.32 Å². The quantitative estimate of drug-likeness (QED) is 0.574. The Bertz CT molecular complexity index is 213. The summed E-state index contributed by atoms with van der Waals surface area (Å²) in [5, 5.41) is 2.59. The molecular formula is C8H11NO. The van der Waals surface area contributed by atoms with Crippen molar-refractivity contribution in [2.75, 3.05) is 7.05 Å². The zero-order valence-electron chi connectivity index (χ0n) is 6.27. The first-order valence-corrected chi connectivity index (χ1v) is 3.32. The summed E-state index contributed by atoms with van der Waals surface area (Å²) in [6.45, 7) is 2.02. The molecule has 1 N–H and O–H groups in total. The highest BCUT2D eigenvalue weighted by atomic mass is 16.1. The number of allylic oxidation sites excluding steroid dienone is 3. The topological polar surface area (TPSA) is 29.1 Å². The van der Waals surface area contributed by atoms with Gasteiger partial charge in [-0.1, -0.05) is 17.7 Å². The molecule has 0 aliphatic heterocycles. The van der Waals surface area contributed by atoms with Crippen LogP contribution in [0.15, 0.2) is 23.3 Å². The molecule has 0 radical (unpaired) electrons. The van der Waals surface area contributed by atoms with E-state index in [4.69, 9.17) is 0 Å². The van der Waals surface area contributed by atoms with Crippen LogP contribution in [0.1, 0.15) is 13.3 Å². The van der Waals surface area contributed by atoms with E-state index in [-0.39, 0.29) is 5.91 Å². The summed E-state index contributed by atoms with van der Waals surface area (Å²) < 4.78 is 0. The number of likely N-dealkylation sites (N-methyl/N-ethyl adjacent to an activating group) is 1. The molecule has 0 atom stereocenters. The van der Waals surface area contributed by atoms with Crippen molar-refractivity contribution < 1.29 is 4.79 Å². The highest BCUT2D eigenvalue weighted by Crippen LogP contribution is 2.17. The van der Waals surface area contributed by atoms with E-state index >= 15 is 0 Å². The minimum atomic E-state index is 0.0353. The molecule has 1 rings (SSSR count). The van der Waals surface area contributed by atoms with Gasteiger partial charge in [-0.05, 0) is 13.3 Å². The van der Waals surface area contributed by atoms with Crippen molar-refractivity contribution in [3.63, 3.8) is 0 Å². The van der Waals surface area contributed by atoms with Gasteiger partial charge in [-0.15, -0.1) is 0 Å². The van der Waals surface area contributed by atoms with Crippen LogP contribution in [0.5, 0.6) is 0 Å². The maximum absolute atomic E-state index is 10.9. The van der Waals surface area contributed by atoms with Gasteiger partial charge in [0, 0.05) is 12.6 Å². The van der Waals surface area contributed by atoms with Crippen LogP contribution in [0.25, 0.3) is 0 Å². The van der Waals surface area contributed by atoms with Gasteiger partial charge in [0.15, 0.2) is 0 Å². The number of amides is 1. The van der Waals surface area contributed by atoms with E-state index < -0.39 is 0 Å². The van der Waals surface area contributed by atoms with Crippen molar-refractivity contribution >= 4 is 5.91 Å². The Morgan fingerprint density at radius 2 is 2.30 bits per heavy atom. The monoisotopic (exact) mass is 137 g/mol. The van der Waals surface area contributed by atoms with Crippen molar-refractivity contribution in [2.24, 2.45) is 0 Å². The minimum absolute atomic E-state index is 0.0353. The molecule has 0 aromatic heterocycles. The van der Waals surface area contributed by atoms with Crippen LogP contribution < -0.4 is 5.32 Å². The smallest absolute Gasteiger partial charge is 0.247 e. The van der Waals surface area contributed by atoms with Crippen molar-refractivity contribution in [2.45, 2.75) is 13.3 Å². The largest absolute Gasteiger partial charge is 0.355 e. The molecule has 0 fully saturated rings. The minimum Gasteiger partial charge on any atom is -0.355 e. The van der Waals surface area contributed by atoms with E-state index in [1.54, 1.807) is 7.05 Å². The number of rotatable bonds is 1. The Hall–Kier alpha value is -1.05. The Labute approximate surface area is 60.6 Å². The molecule has 0 bridgehead atoms. The lowest BCUT2D eigenvalue weighted by atomic mass is 10.1. The first-order valence-electron chi connectivity index (χ1n) is 3.32. The van der Waals surface area contributed by atoms with Gasteiger partial charge in [0.25, 0.3) is 0 Å². The van der Waals surface area contributed by atoms with Gasteiger partial charge in [-0.25, -0.2) is 0 Å². The van der Waals surface area contributed by atoms with Crippen molar-refractivity contribution in [3.05, 3.63) is 23.3 Å². The Balaban J connectivity index is 2.57. The lowest BCUT2D eigenvalue weighted by molar-refractivity contribution is -0.117. The maximum atomic E-state index is 10.9. The van der Waals surface area contributed by atoms with Gasteiger partial charge >= 0.3 is 0 Å². The molecule has 1 amide bonds. The van der Waals surface area contributed by atoms with Crippen LogP contribution in [-0.4, -0.2) is 13.0 Å². The van der Waals surface area contributed by atoms with Crippen LogP contribution in [0.2, 0.25) is 0 Å². The van der Waals surface area contributed by atoms with Gasteiger partial charge in [0.2, 0.25) is 5.91 Å². The van der Waals surface area contributed by atoms with Crippen LogP contribution in [-0.2, 0) is 4.79 Å². The van der Waals surface area contributed by atoms with Gasteiger partial charge in [-0.3, -0.25) is 4.79 Å². The zero-order chi connectivity index (χ0) is 7.56. The third-order valence-corrected chi connectivity index (χ3v) is 1.56. The molecule has 1 aliphatic rings. The standard InChI is InChI=1S/C8H11NO/c1-6-3-4-7(5-6)8(10)9-2/h3-4H,5H2,1-2H3,(H,9,10). The molecule has 0 heterocycles. The second-order valence-electron chi connectivity index (χ2n) is 2.46. The Kier molecular flexibility index (Phi) is 1.90. The summed E-state index contributed by atoms with van der Waals surface area (Å²) in [6.07, 6.45) is 4.65. The Morgan fingerprint density at radius 1 is 1.60 bits per heavy atom. The second kappa shape index (κ2) is 2.69. The highest BCUT2D eigenvalue weighted by Gasteiger charge is 2.10. The summed E-state index contributed by atoms with van der Waals surface area (Å²) >= 11 is 0. The predicted octanol–water partition coefficient (Wildman–Crippen LogP) is 1.01. The highest BCUT2D eigenvalue weighted by molar-refractivity contribution is 5.94. The van der Waals surface area contributed by atoms with Gasteiger partial charge in [0.05, 0.1) is 0 Å². The first kappa shape index (κ1) is 7.06. The third-order valence-electron chi connectivity index (χ3n) is 1.56. The van der Waals surface area contributed by atoms with Gasteiger partial charge in [-0.2, -0.15) is 0 Å². The van der Waals surface area contributed by atoms with E-state index in [1.807, 2.05) is 19.1 Å². The third kappa shape index (κ3) is 1.26. The second-order valence-corrected chi connectivity index (χ2v) is 2.46. The molecule has 1 aliphatic carbocycles. The maximum Gasteiger partial charge on any atom is 0.247 e. The molecule has 10 heavy (non-hydrogen) atoms. The van der Waals surface area contributed by atoms with Crippen LogP contribution in [0.4, 0.5) is 0 Å². The summed E-state index contributed by atoms with van der Waals surface area (Å²) in [5.41, 5.74) is 2.11. The zero-order valence-corrected chi connectivity index (χ0v) is 6.27. The number of hydrogen-bond donors (Lipinski definition) is 1. The number of hydrogen-bond acceptors (Lipinski definition) is 1. The first-order chi connectivity index (χ1) is 4.74. The summed E-state index contributed by atoms with van der Waals surface area (Å²) in [6, 6.07) is 0. The predicted molar refractivity (Wildman–Crippen MR) is 40.5 cm³/mol. The number of carbonyl (C=O) groups is 1. The molecule has 2 nitrogen and oxygen atoms in total. The van der Waals surface area contributed by atoms with Crippen LogP contribution in [0, 0.1) is 0 Å². The van der Waals surface area contributed by atoms with Gasteiger partial charge in [0.1, 0.15) is 0 Å². The summed E-state index contributed by atoms with van der Waals surface area (Å²) in [4.78, 5) is 10.9. The molecule has 0 spiro atoms.